The number of hydrogen-bond donors (Lipinski definition) is 2. The molecule has 1 amide bonds. The van der Waals surface area contributed by atoms with Crippen molar-refractivity contribution in [1.82, 2.24) is 5.32 Å². The van der Waals surface area contributed by atoms with Crippen molar-refractivity contribution in [3.05, 3.63) is 24.3 Å². The number of carbonyl (C=O) groups is 1. The molecule has 1 saturated heterocycles. The third-order valence-electron chi connectivity index (χ3n) is 3.43. The number of morpholine rings is 1. The van der Waals surface area contributed by atoms with Crippen LogP contribution >= 0.6 is 0 Å². The fourth-order valence-electron chi connectivity index (χ4n) is 2.27. The number of amides is 1. The molecular formula is C16H25N3O2. The SMILES string of the molecule is CC(C)NCCC(=O)Nc1ccc(N2CCOCC2)cc1. The molecule has 5 heteroatoms. The van der Waals surface area contributed by atoms with Crippen molar-refractivity contribution in [2.45, 2.75) is 26.3 Å². The number of rotatable bonds is 6. The lowest BCUT2D eigenvalue weighted by Gasteiger charge is -2.28. The van der Waals surface area contributed by atoms with E-state index >= 15 is 0 Å². The van der Waals surface area contributed by atoms with Gasteiger partial charge in [-0.05, 0) is 24.3 Å². The van der Waals surface area contributed by atoms with E-state index < -0.39 is 0 Å². The van der Waals surface area contributed by atoms with Gasteiger partial charge in [0.25, 0.3) is 0 Å². The number of nitrogens with zero attached hydrogens (tertiary/aromatic N) is 1. The molecule has 1 heterocycles. The summed E-state index contributed by atoms with van der Waals surface area (Å²) in [5.41, 5.74) is 2.03. The molecule has 21 heavy (non-hydrogen) atoms. The van der Waals surface area contributed by atoms with Gasteiger partial charge in [0.05, 0.1) is 13.2 Å². The summed E-state index contributed by atoms with van der Waals surface area (Å²) in [4.78, 5) is 14.1. The lowest BCUT2D eigenvalue weighted by Crippen LogP contribution is -2.36. The number of ether oxygens (including phenoxy) is 1. The first-order chi connectivity index (χ1) is 10.1. The molecular weight excluding hydrogens is 266 g/mol. The Kier molecular flexibility index (Phi) is 6.02. The van der Waals surface area contributed by atoms with Gasteiger partial charge in [-0.3, -0.25) is 4.79 Å². The summed E-state index contributed by atoms with van der Waals surface area (Å²) >= 11 is 0. The minimum Gasteiger partial charge on any atom is -0.378 e. The van der Waals surface area contributed by atoms with E-state index in [2.05, 4.69) is 29.4 Å². The predicted molar refractivity (Wildman–Crippen MR) is 85.9 cm³/mol. The Morgan fingerprint density at radius 1 is 1.24 bits per heavy atom. The molecule has 1 aromatic rings. The van der Waals surface area contributed by atoms with Gasteiger partial charge in [0, 0.05) is 43.5 Å². The molecule has 0 unspecified atom stereocenters. The lowest BCUT2D eigenvalue weighted by molar-refractivity contribution is -0.116. The van der Waals surface area contributed by atoms with E-state index in [1.165, 1.54) is 5.69 Å². The number of nitrogens with one attached hydrogen (secondary N) is 2. The monoisotopic (exact) mass is 291 g/mol. The molecule has 2 N–H and O–H groups in total. The van der Waals surface area contributed by atoms with Crippen LogP contribution in [0.5, 0.6) is 0 Å². The zero-order valence-electron chi connectivity index (χ0n) is 12.9. The second kappa shape index (κ2) is 8.00. The third-order valence-corrected chi connectivity index (χ3v) is 3.43. The van der Waals surface area contributed by atoms with Crippen LogP contribution in [0.1, 0.15) is 20.3 Å². The minimum absolute atomic E-state index is 0.0438. The Hall–Kier alpha value is -1.59. The highest BCUT2D eigenvalue weighted by Gasteiger charge is 2.11. The number of benzene rings is 1. The maximum Gasteiger partial charge on any atom is 0.225 e. The average Bonchev–Trinajstić information content (AvgIpc) is 2.48. The molecule has 0 atom stereocenters. The second-order valence-electron chi connectivity index (χ2n) is 5.55. The van der Waals surface area contributed by atoms with E-state index in [4.69, 9.17) is 4.74 Å². The van der Waals surface area contributed by atoms with Crippen molar-refractivity contribution < 1.29 is 9.53 Å². The van der Waals surface area contributed by atoms with Crippen LogP contribution in [-0.2, 0) is 9.53 Å². The molecule has 1 aliphatic rings. The van der Waals surface area contributed by atoms with Gasteiger partial charge < -0.3 is 20.3 Å². The van der Waals surface area contributed by atoms with Crippen LogP contribution in [0.2, 0.25) is 0 Å². The van der Waals surface area contributed by atoms with E-state index in [-0.39, 0.29) is 5.91 Å². The zero-order chi connectivity index (χ0) is 15.1. The first kappa shape index (κ1) is 15.8. The Bertz CT molecular complexity index is 439. The fraction of sp³-hybridized carbons (Fsp3) is 0.562. The quantitative estimate of drug-likeness (QED) is 0.840. The van der Waals surface area contributed by atoms with E-state index in [0.717, 1.165) is 32.0 Å². The van der Waals surface area contributed by atoms with Crippen LogP contribution in [0.4, 0.5) is 11.4 Å². The molecule has 2 rings (SSSR count). The van der Waals surface area contributed by atoms with Gasteiger partial charge in [0.15, 0.2) is 0 Å². The first-order valence-corrected chi connectivity index (χ1v) is 7.61. The van der Waals surface area contributed by atoms with Crippen molar-refractivity contribution >= 4 is 17.3 Å². The predicted octanol–water partition coefficient (Wildman–Crippen LogP) is 1.85. The summed E-state index contributed by atoms with van der Waals surface area (Å²) in [6, 6.07) is 8.42. The highest BCUT2D eigenvalue weighted by molar-refractivity contribution is 5.91. The van der Waals surface area contributed by atoms with Gasteiger partial charge in [-0.15, -0.1) is 0 Å². The highest BCUT2D eigenvalue weighted by Crippen LogP contribution is 2.19. The van der Waals surface area contributed by atoms with E-state index in [1.807, 2.05) is 24.3 Å². The number of carbonyl (C=O) groups excluding carboxylic acids is 1. The number of hydrogen-bond acceptors (Lipinski definition) is 4. The van der Waals surface area contributed by atoms with Crippen molar-refractivity contribution in [1.29, 1.82) is 0 Å². The summed E-state index contributed by atoms with van der Waals surface area (Å²) in [6.45, 7) is 8.25. The minimum atomic E-state index is 0.0438. The molecule has 1 aliphatic heterocycles. The van der Waals surface area contributed by atoms with E-state index in [9.17, 15) is 4.79 Å². The Morgan fingerprint density at radius 2 is 1.90 bits per heavy atom. The average molecular weight is 291 g/mol. The van der Waals surface area contributed by atoms with Crippen LogP contribution in [0, 0.1) is 0 Å². The van der Waals surface area contributed by atoms with E-state index in [1.54, 1.807) is 0 Å². The summed E-state index contributed by atoms with van der Waals surface area (Å²) in [6.07, 6.45) is 0.489. The topological polar surface area (TPSA) is 53.6 Å². The Balaban J connectivity index is 1.80. The van der Waals surface area contributed by atoms with Crippen LogP contribution in [0.15, 0.2) is 24.3 Å². The van der Waals surface area contributed by atoms with Crippen molar-refractivity contribution in [2.75, 3.05) is 43.1 Å². The molecule has 1 aromatic carbocycles. The Labute approximate surface area is 126 Å². The van der Waals surface area contributed by atoms with Crippen LogP contribution in [0.25, 0.3) is 0 Å². The molecule has 0 saturated carbocycles. The lowest BCUT2D eigenvalue weighted by atomic mass is 10.2. The molecule has 1 fully saturated rings. The molecule has 0 spiro atoms. The van der Waals surface area contributed by atoms with Crippen molar-refractivity contribution in [3.63, 3.8) is 0 Å². The van der Waals surface area contributed by atoms with Gasteiger partial charge in [0.2, 0.25) is 5.91 Å². The summed E-state index contributed by atoms with van der Waals surface area (Å²) < 4.78 is 5.35. The highest BCUT2D eigenvalue weighted by atomic mass is 16.5. The van der Waals surface area contributed by atoms with E-state index in [0.29, 0.717) is 19.0 Å². The van der Waals surface area contributed by atoms with Gasteiger partial charge >= 0.3 is 0 Å². The van der Waals surface area contributed by atoms with Gasteiger partial charge in [0.1, 0.15) is 0 Å². The normalized spacial score (nSPS) is 15.3. The fourth-order valence-corrected chi connectivity index (χ4v) is 2.27. The van der Waals surface area contributed by atoms with Gasteiger partial charge in [-0.25, -0.2) is 0 Å². The molecule has 0 radical (unpaired) electrons. The molecule has 0 bridgehead atoms. The largest absolute Gasteiger partial charge is 0.378 e. The molecule has 0 aliphatic carbocycles. The summed E-state index contributed by atoms with van der Waals surface area (Å²) in [7, 11) is 0. The Morgan fingerprint density at radius 3 is 2.52 bits per heavy atom. The molecule has 5 nitrogen and oxygen atoms in total. The second-order valence-corrected chi connectivity index (χ2v) is 5.55. The molecule has 116 valence electrons. The standard InChI is InChI=1S/C16H25N3O2/c1-13(2)17-8-7-16(20)18-14-3-5-15(6-4-14)19-9-11-21-12-10-19/h3-6,13,17H,7-12H2,1-2H3,(H,18,20). The number of anilines is 2. The zero-order valence-corrected chi connectivity index (χ0v) is 12.9. The summed E-state index contributed by atoms with van der Waals surface area (Å²) in [5.74, 6) is 0.0438. The van der Waals surface area contributed by atoms with Gasteiger partial charge in [-0.1, -0.05) is 13.8 Å². The maximum atomic E-state index is 11.8. The summed E-state index contributed by atoms with van der Waals surface area (Å²) in [5, 5.41) is 6.16. The van der Waals surface area contributed by atoms with Crippen LogP contribution in [-0.4, -0.2) is 44.8 Å². The van der Waals surface area contributed by atoms with Gasteiger partial charge in [-0.2, -0.15) is 0 Å². The van der Waals surface area contributed by atoms with Crippen molar-refractivity contribution in [3.8, 4) is 0 Å². The van der Waals surface area contributed by atoms with Crippen LogP contribution < -0.4 is 15.5 Å². The molecule has 0 aromatic heterocycles. The third kappa shape index (κ3) is 5.36. The van der Waals surface area contributed by atoms with Crippen LogP contribution in [0.3, 0.4) is 0 Å². The first-order valence-electron chi connectivity index (χ1n) is 7.61. The van der Waals surface area contributed by atoms with Crippen molar-refractivity contribution in [2.24, 2.45) is 0 Å². The maximum absolute atomic E-state index is 11.8. The smallest absolute Gasteiger partial charge is 0.225 e.